The van der Waals surface area contributed by atoms with E-state index >= 15 is 0 Å². The number of ether oxygens (including phenoxy) is 1. The second kappa shape index (κ2) is 5.80. The summed E-state index contributed by atoms with van der Waals surface area (Å²) in [5.74, 6) is 2.07. The second-order valence-electron chi connectivity index (χ2n) is 3.52. The Morgan fingerprint density at radius 1 is 1.44 bits per heavy atom. The monoisotopic (exact) mass is 236 g/mol. The van der Waals surface area contributed by atoms with Gasteiger partial charge in [0.2, 0.25) is 0 Å². The average molecular weight is 236 g/mol. The molecular weight excluding hydrogens is 220 g/mol. The minimum absolute atomic E-state index is 0.909. The molecule has 0 atom stereocenters. The molecule has 0 spiro atoms. The molecule has 3 nitrogen and oxygen atoms in total. The maximum atomic E-state index is 5.30. The number of methoxy groups -OCH3 is 1. The molecule has 4 heteroatoms. The van der Waals surface area contributed by atoms with Crippen molar-refractivity contribution in [1.29, 1.82) is 0 Å². The van der Waals surface area contributed by atoms with Crippen LogP contribution in [-0.2, 0) is 6.42 Å². The van der Waals surface area contributed by atoms with Crippen LogP contribution < -0.4 is 10.1 Å². The van der Waals surface area contributed by atoms with Crippen LogP contribution in [0, 0.1) is 0 Å². The molecule has 1 N–H and O–H groups in total. The third kappa shape index (κ3) is 2.92. The molecule has 0 unspecified atom stereocenters. The molecule has 0 saturated heterocycles. The zero-order valence-corrected chi connectivity index (χ0v) is 10.2. The molecule has 16 heavy (non-hydrogen) atoms. The van der Waals surface area contributed by atoms with E-state index in [4.69, 9.17) is 4.74 Å². The van der Waals surface area contributed by atoms with Crippen LogP contribution in [-0.4, -0.2) is 31.1 Å². The molecule has 0 bridgehead atoms. The number of hydrogen-bond acceptors (Lipinski definition) is 4. The van der Waals surface area contributed by atoms with E-state index < -0.39 is 0 Å². The van der Waals surface area contributed by atoms with Crippen molar-refractivity contribution in [2.75, 3.05) is 26.0 Å². The molecule has 2 rings (SSSR count). The van der Waals surface area contributed by atoms with Gasteiger partial charge in [-0.15, -0.1) is 0 Å². The van der Waals surface area contributed by atoms with Crippen LogP contribution in [0.5, 0.6) is 5.75 Å². The lowest BCUT2D eigenvalue weighted by atomic mass is 10.1. The Morgan fingerprint density at radius 2 is 2.31 bits per heavy atom. The third-order valence-electron chi connectivity index (χ3n) is 2.45. The van der Waals surface area contributed by atoms with Crippen molar-refractivity contribution >= 4 is 16.9 Å². The fraction of sp³-hybridized carbons (Fsp3) is 0.417. The van der Waals surface area contributed by atoms with Gasteiger partial charge in [-0.3, -0.25) is 4.99 Å². The number of hydrogen-bond donors (Lipinski definition) is 1. The van der Waals surface area contributed by atoms with Crippen LogP contribution in [0.15, 0.2) is 29.3 Å². The molecule has 0 aliphatic carbocycles. The third-order valence-corrected chi connectivity index (χ3v) is 3.38. The molecule has 1 aliphatic rings. The fourth-order valence-corrected chi connectivity index (χ4v) is 2.42. The van der Waals surface area contributed by atoms with Crippen LogP contribution in [0.1, 0.15) is 5.56 Å². The lowest BCUT2D eigenvalue weighted by Gasteiger charge is -2.09. The minimum atomic E-state index is 0.909. The van der Waals surface area contributed by atoms with Gasteiger partial charge in [0.05, 0.1) is 13.7 Å². The summed E-state index contributed by atoms with van der Waals surface area (Å²) in [7, 11) is 1.71. The van der Waals surface area contributed by atoms with Crippen molar-refractivity contribution in [2.24, 2.45) is 4.99 Å². The zero-order valence-electron chi connectivity index (χ0n) is 9.40. The number of rotatable bonds is 4. The number of nitrogens with zero attached hydrogens (tertiary/aromatic N) is 1. The van der Waals surface area contributed by atoms with Gasteiger partial charge in [-0.05, 0) is 18.1 Å². The highest BCUT2D eigenvalue weighted by Gasteiger charge is 2.06. The molecule has 0 saturated carbocycles. The highest BCUT2D eigenvalue weighted by Crippen LogP contribution is 2.17. The SMILES string of the molecule is COc1ccccc1CCNC1=NCCS1. The molecule has 0 radical (unpaired) electrons. The van der Waals surface area contributed by atoms with E-state index in [2.05, 4.69) is 16.4 Å². The van der Waals surface area contributed by atoms with Crippen LogP contribution in [0.3, 0.4) is 0 Å². The van der Waals surface area contributed by atoms with E-state index in [1.54, 1.807) is 18.9 Å². The van der Waals surface area contributed by atoms with Gasteiger partial charge in [0, 0.05) is 12.3 Å². The Hall–Kier alpha value is -1.16. The Balaban J connectivity index is 1.84. The van der Waals surface area contributed by atoms with E-state index in [1.165, 1.54) is 5.56 Å². The van der Waals surface area contributed by atoms with Crippen molar-refractivity contribution in [3.05, 3.63) is 29.8 Å². The van der Waals surface area contributed by atoms with Crippen molar-refractivity contribution in [3.63, 3.8) is 0 Å². The summed E-state index contributed by atoms with van der Waals surface area (Å²) in [5.41, 5.74) is 1.24. The molecule has 0 fully saturated rings. The standard InChI is InChI=1S/C12H16N2OS/c1-15-11-5-3-2-4-10(11)6-7-13-12-14-8-9-16-12/h2-5H,6-9H2,1H3,(H,13,14). The molecule has 1 heterocycles. The van der Waals surface area contributed by atoms with Crippen LogP contribution in [0.2, 0.25) is 0 Å². The fourth-order valence-electron chi connectivity index (χ4n) is 1.66. The van der Waals surface area contributed by atoms with Gasteiger partial charge in [0.25, 0.3) is 0 Å². The predicted molar refractivity (Wildman–Crippen MR) is 69.5 cm³/mol. The maximum absolute atomic E-state index is 5.30. The minimum Gasteiger partial charge on any atom is -0.496 e. The Kier molecular flexibility index (Phi) is 4.10. The number of para-hydroxylation sites is 1. The van der Waals surface area contributed by atoms with Gasteiger partial charge in [-0.1, -0.05) is 30.0 Å². The summed E-state index contributed by atoms with van der Waals surface area (Å²) in [6.45, 7) is 1.86. The summed E-state index contributed by atoms with van der Waals surface area (Å²) in [6, 6.07) is 8.13. The quantitative estimate of drug-likeness (QED) is 0.867. The molecule has 0 amide bonds. The lowest BCUT2D eigenvalue weighted by molar-refractivity contribution is 0.409. The highest BCUT2D eigenvalue weighted by atomic mass is 32.2. The normalized spacial score (nSPS) is 14.7. The van der Waals surface area contributed by atoms with E-state index in [0.717, 1.165) is 36.2 Å². The molecule has 1 aliphatic heterocycles. The first-order valence-electron chi connectivity index (χ1n) is 5.43. The summed E-state index contributed by atoms with van der Waals surface area (Å²) in [4.78, 5) is 4.35. The number of thioether (sulfide) groups is 1. The highest BCUT2D eigenvalue weighted by molar-refractivity contribution is 8.14. The summed E-state index contributed by atoms with van der Waals surface area (Å²) in [5, 5.41) is 4.42. The van der Waals surface area contributed by atoms with Crippen molar-refractivity contribution in [2.45, 2.75) is 6.42 Å². The van der Waals surface area contributed by atoms with Crippen molar-refractivity contribution < 1.29 is 4.74 Å². The summed E-state index contributed by atoms with van der Waals surface area (Å²) in [6.07, 6.45) is 0.962. The van der Waals surface area contributed by atoms with Gasteiger partial charge in [0.15, 0.2) is 5.17 Å². The first kappa shape index (κ1) is 11.3. The Bertz CT molecular complexity index is 379. The van der Waals surface area contributed by atoms with E-state index in [1.807, 2.05) is 18.2 Å². The molecule has 0 aromatic heterocycles. The van der Waals surface area contributed by atoms with E-state index in [0.29, 0.717) is 0 Å². The topological polar surface area (TPSA) is 33.6 Å². The van der Waals surface area contributed by atoms with Gasteiger partial charge in [0.1, 0.15) is 5.75 Å². The Labute approximate surface area is 100 Å². The lowest BCUT2D eigenvalue weighted by Crippen LogP contribution is -2.21. The second-order valence-corrected chi connectivity index (χ2v) is 4.61. The Morgan fingerprint density at radius 3 is 3.06 bits per heavy atom. The van der Waals surface area contributed by atoms with Gasteiger partial charge < -0.3 is 10.1 Å². The smallest absolute Gasteiger partial charge is 0.156 e. The van der Waals surface area contributed by atoms with E-state index in [9.17, 15) is 0 Å². The number of nitrogens with one attached hydrogen (secondary N) is 1. The van der Waals surface area contributed by atoms with Crippen LogP contribution in [0.4, 0.5) is 0 Å². The van der Waals surface area contributed by atoms with Crippen molar-refractivity contribution in [3.8, 4) is 5.75 Å². The summed E-state index contributed by atoms with van der Waals surface area (Å²) >= 11 is 1.80. The zero-order chi connectivity index (χ0) is 11.2. The number of amidine groups is 1. The summed E-state index contributed by atoms with van der Waals surface area (Å²) < 4.78 is 5.30. The number of benzene rings is 1. The average Bonchev–Trinajstić information content (AvgIpc) is 2.83. The molecule has 1 aromatic rings. The van der Waals surface area contributed by atoms with Crippen LogP contribution in [0.25, 0.3) is 0 Å². The van der Waals surface area contributed by atoms with Gasteiger partial charge in [-0.2, -0.15) is 0 Å². The van der Waals surface area contributed by atoms with E-state index in [-0.39, 0.29) is 0 Å². The molecular formula is C12H16N2OS. The number of aliphatic imine (C=N–C) groups is 1. The van der Waals surface area contributed by atoms with Gasteiger partial charge >= 0.3 is 0 Å². The molecule has 1 aromatic carbocycles. The van der Waals surface area contributed by atoms with Crippen LogP contribution >= 0.6 is 11.8 Å². The maximum Gasteiger partial charge on any atom is 0.156 e. The molecule has 86 valence electrons. The first-order chi connectivity index (χ1) is 7.90. The van der Waals surface area contributed by atoms with Crippen molar-refractivity contribution in [1.82, 2.24) is 5.32 Å². The predicted octanol–water partition coefficient (Wildman–Crippen LogP) is 1.93. The first-order valence-corrected chi connectivity index (χ1v) is 6.42. The van der Waals surface area contributed by atoms with Gasteiger partial charge in [-0.25, -0.2) is 0 Å². The largest absolute Gasteiger partial charge is 0.496 e.